The summed E-state index contributed by atoms with van der Waals surface area (Å²) >= 11 is 13.4. The Bertz CT molecular complexity index is 1980. The lowest BCUT2D eigenvalue weighted by atomic mass is 9.44. The molecule has 9 atom stereocenters. The molecule has 4 fully saturated rings. The number of hydrogen-bond donors (Lipinski definition) is 2. The van der Waals surface area contributed by atoms with Crippen LogP contribution in [0.1, 0.15) is 184 Å². The lowest BCUT2D eigenvalue weighted by Gasteiger charge is -2.61. The zero-order valence-corrected chi connectivity index (χ0v) is 40.7. The molecule has 6 rings (SSSR count). The van der Waals surface area contributed by atoms with Crippen LogP contribution in [0.2, 0.25) is 10.0 Å². The molecule has 0 saturated heterocycles. The van der Waals surface area contributed by atoms with Crippen LogP contribution in [-0.4, -0.2) is 34.1 Å². The molecule has 2 aromatic carbocycles. The van der Waals surface area contributed by atoms with Gasteiger partial charge in [0.05, 0.1) is 21.9 Å². The molecule has 1 unspecified atom stereocenters. The minimum atomic E-state index is -1.34. The van der Waals surface area contributed by atoms with Gasteiger partial charge >= 0.3 is 23.9 Å². The molecule has 346 valence electrons. The molecule has 0 aliphatic heterocycles. The number of rotatable bonds is 16. The minimum Gasteiger partial charge on any atom is -0.478 e. The molecule has 4 saturated carbocycles. The standard InChI is InChI=1S/C53H72Cl2O8/c1-29(2)12-10-13-32(7)41-18-19-42-38-17-16-36-24-33(20-22-52(36,8)43(38)21-23-53(41,42)9)14-11-15-37(34-25-39(48(56)57)46(44(54)27-34)62-50(60)30(3)4)35-26-40(49(58)59)47(45(55)28-35)63-51(61)31(5)6/h15,25-33,36,38,41-43H,10-14,16-24H2,1-9H3,(H,56,57)(H,58,59)/t32?,33-,36-,38-,41+,42-,43-,52-,53+/m0/s1. The van der Waals surface area contributed by atoms with Gasteiger partial charge < -0.3 is 19.7 Å². The fourth-order valence-electron chi connectivity index (χ4n) is 13.0. The maximum atomic E-state index is 12.6. The average molecular weight is 908 g/mol. The number of aromatic carboxylic acids is 2. The first-order valence-corrected chi connectivity index (χ1v) is 24.7. The maximum absolute atomic E-state index is 12.6. The molecule has 0 aromatic heterocycles. The first-order valence-electron chi connectivity index (χ1n) is 23.9. The zero-order chi connectivity index (χ0) is 46.1. The molecular weight excluding hydrogens is 835 g/mol. The van der Waals surface area contributed by atoms with Gasteiger partial charge in [-0.25, -0.2) is 9.59 Å². The number of ether oxygens (including phenoxy) is 2. The molecule has 0 bridgehead atoms. The molecule has 0 amide bonds. The number of allylic oxidation sites excluding steroid dienone is 1. The number of carboxylic acid groups (broad SMARTS) is 2. The Morgan fingerprint density at radius 1 is 0.714 bits per heavy atom. The van der Waals surface area contributed by atoms with Gasteiger partial charge in [-0.05, 0) is 170 Å². The second kappa shape index (κ2) is 20.0. The minimum absolute atomic E-state index is 0.0775. The van der Waals surface area contributed by atoms with Crippen LogP contribution in [0.4, 0.5) is 0 Å². The molecule has 0 spiro atoms. The van der Waals surface area contributed by atoms with Gasteiger partial charge in [-0.3, -0.25) is 9.59 Å². The van der Waals surface area contributed by atoms with Gasteiger partial charge in [-0.1, -0.05) is 111 Å². The Balaban J connectivity index is 1.24. The van der Waals surface area contributed by atoms with E-state index in [2.05, 4.69) is 34.6 Å². The monoisotopic (exact) mass is 906 g/mol. The molecule has 0 heterocycles. The van der Waals surface area contributed by atoms with E-state index in [4.69, 9.17) is 32.7 Å². The van der Waals surface area contributed by atoms with E-state index in [1.54, 1.807) is 27.7 Å². The van der Waals surface area contributed by atoms with Crippen LogP contribution in [0, 0.1) is 70.0 Å². The van der Waals surface area contributed by atoms with Crippen LogP contribution in [0.15, 0.2) is 30.3 Å². The van der Waals surface area contributed by atoms with Crippen LogP contribution in [0.25, 0.3) is 5.57 Å². The number of esters is 2. The predicted octanol–water partition coefficient (Wildman–Crippen LogP) is 14.5. The van der Waals surface area contributed by atoms with Crippen molar-refractivity contribution in [2.45, 2.75) is 152 Å². The van der Waals surface area contributed by atoms with E-state index >= 15 is 0 Å². The third-order valence-electron chi connectivity index (χ3n) is 16.4. The van der Waals surface area contributed by atoms with Crippen molar-refractivity contribution in [2.24, 2.45) is 70.0 Å². The molecular formula is C53H72Cl2O8. The number of hydrogen-bond acceptors (Lipinski definition) is 6. The largest absolute Gasteiger partial charge is 0.478 e. The summed E-state index contributed by atoms with van der Waals surface area (Å²) in [6.07, 6.45) is 19.4. The van der Waals surface area contributed by atoms with E-state index in [0.29, 0.717) is 45.8 Å². The van der Waals surface area contributed by atoms with Crippen molar-refractivity contribution >= 4 is 52.7 Å². The van der Waals surface area contributed by atoms with Crippen molar-refractivity contribution < 1.29 is 38.9 Å². The molecule has 8 nitrogen and oxygen atoms in total. The molecule has 2 aromatic rings. The zero-order valence-electron chi connectivity index (χ0n) is 39.2. The Hall–Kier alpha value is -3.36. The van der Waals surface area contributed by atoms with Crippen LogP contribution < -0.4 is 9.47 Å². The molecule has 2 N–H and O–H groups in total. The summed E-state index contributed by atoms with van der Waals surface area (Å²) in [7, 11) is 0. The number of fused-ring (bicyclic) bond motifs is 5. The summed E-state index contributed by atoms with van der Waals surface area (Å²) in [6, 6.07) is 5.85. The van der Waals surface area contributed by atoms with E-state index in [9.17, 15) is 29.4 Å². The van der Waals surface area contributed by atoms with Crippen molar-refractivity contribution in [2.75, 3.05) is 0 Å². The topological polar surface area (TPSA) is 127 Å². The van der Waals surface area contributed by atoms with E-state index in [1.807, 2.05) is 6.08 Å². The Morgan fingerprint density at radius 2 is 1.25 bits per heavy atom. The lowest BCUT2D eigenvalue weighted by Crippen LogP contribution is -2.53. The lowest BCUT2D eigenvalue weighted by molar-refractivity contribution is -0.138. The van der Waals surface area contributed by atoms with Gasteiger partial charge in [-0.2, -0.15) is 0 Å². The highest BCUT2D eigenvalue weighted by atomic mass is 35.5. The summed E-state index contributed by atoms with van der Waals surface area (Å²) in [6.45, 7) is 19.1. The molecule has 10 heteroatoms. The average Bonchev–Trinajstić information content (AvgIpc) is 3.57. The third kappa shape index (κ3) is 10.4. The highest BCUT2D eigenvalue weighted by Gasteiger charge is 2.60. The number of carbonyl (C=O) groups is 4. The first kappa shape index (κ1) is 49.1. The van der Waals surface area contributed by atoms with Crippen molar-refractivity contribution in [3.8, 4) is 11.5 Å². The van der Waals surface area contributed by atoms with E-state index < -0.39 is 35.7 Å². The number of benzene rings is 2. The van der Waals surface area contributed by atoms with Gasteiger partial charge in [0.25, 0.3) is 0 Å². The fourth-order valence-corrected chi connectivity index (χ4v) is 13.5. The Labute approximate surface area is 386 Å². The summed E-state index contributed by atoms with van der Waals surface area (Å²) in [4.78, 5) is 50.4. The number of halogens is 2. The Morgan fingerprint density at radius 3 is 1.78 bits per heavy atom. The number of carbonyl (C=O) groups excluding carboxylic acids is 2. The third-order valence-corrected chi connectivity index (χ3v) is 17.0. The van der Waals surface area contributed by atoms with E-state index in [-0.39, 0.29) is 32.7 Å². The second-order valence-electron chi connectivity index (χ2n) is 21.5. The van der Waals surface area contributed by atoms with Gasteiger partial charge in [0.2, 0.25) is 0 Å². The smallest absolute Gasteiger partial charge is 0.339 e. The van der Waals surface area contributed by atoms with Gasteiger partial charge in [0, 0.05) is 0 Å². The molecule has 4 aliphatic rings. The van der Waals surface area contributed by atoms with Crippen LogP contribution in [0.5, 0.6) is 11.5 Å². The highest BCUT2D eigenvalue weighted by molar-refractivity contribution is 6.33. The highest BCUT2D eigenvalue weighted by Crippen LogP contribution is 2.69. The van der Waals surface area contributed by atoms with Gasteiger partial charge in [0.15, 0.2) is 11.5 Å². The second-order valence-corrected chi connectivity index (χ2v) is 22.3. The summed E-state index contributed by atoms with van der Waals surface area (Å²) in [5.74, 6) is 0.629. The van der Waals surface area contributed by atoms with Crippen LogP contribution in [-0.2, 0) is 9.59 Å². The summed E-state index contributed by atoms with van der Waals surface area (Å²) in [5.41, 5.74) is 1.52. The van der Waals surface area contributed by atoms with E-state index in [0.717, 1.165) is 48.3 Å². The van der Waals surface area contributed by atoms with Gasteiger partial charge in [-0.15, -0.1) is 0 Å². The molecule has 4 aliphatic carbocycles. The van der Waals surface area contributed by atoms with Crippen molar-refractivity contribution in [3.05, 3.63) is 62.6 Å². The fraction of sp³-hybridized carbons (Fsp3) is 0.660. The molecule has 63 heavy (non-hydrogen) atoms. The number of carboxylic acids is 2. The van der Waals surface area contributed by atoms with E-state index in [1.165, 1.54) is 94.9 Å². The normalized spacial score (nSPS) is 28.2. The molecule has 0 radical (unpaired) electrons. The van der Waals surface area contributed by atoms with Crippen molar-refractivity contribution in [1.29, 1.82) is 0 Å². The first-order chi connectivity index (χ1) is 29.7. The summed E-state index contributed by atoms with van der Waals surface area (Å²) < 4.78 is 10.9. The SMILES string of the molecule is CC(C)CCCC(C)[C@H]1CC[C@H]2[C@@H]3CC[C@H]4C[C@@H](CCC=C(c5cc(Cl)c(OC(=O)C(C)C)c(C(=O)O)c5)c5cc(Cl)c(OC(=O)C(C)C)c(C(=O)O)c5)CC[C@]4(C)[C@H]3CC[C@]12C. The Kier molecular flexibility index (Phi) is 15.6. The van der Waals surface area contributed by atoms with Crippen LogP contribution >= 0.6 is 23.2 Å². The summed E-state index contributed by atoms with van der Waals surface area (Å²) in [5, 5.41) is 20.4. The van der Waals surface area contributed by atoms with Crippen LogP contribution in [0.3, 0.4) is 0 Å². The maximum Gasteiger partial charge on any atom is 0.339 e. The van der Waals surface area contributed by atoms with Gasteiger partial charge in [0.1, 0.15) is 11.1 Å². The van der Waals surface area contributed by atoms with Crippen molar-refractivity contribution in [3.63, 3.8) is 0 Å². The predicted molar refractivity (Wildman–Crippen MR) is 251 cm³/mol. The quantitative estimate of drug-likeness (QED) is 0.126. The van der Waals surface area contributed by atoms with Crippen molar-refractivity contribution in [1.82, 2.24) is 0 Å².